The summed E-state index contributed by atoms with van der Waals surface area (Å²) in [7, 11) is -3.69. The quantitative estimate of drug-likeness (QED) is 0.731. The van der Waals surface area contributed by atoms with Gasteiger partial charge in [-0.1, -0.05) is 34.8 Å². The Morgan fingerprint density at radius 1 is 0.889 bits per heavy atom. The van der Waals surface area contributed by atoms with E-state index in [4.69, 9.17) is 34.8 Å². The number of nitrogens with zero attached hydrogens (tertiary/aromatic N) is 2. The molecule has 1 aliphatic heterocycles. The molecule has 1 N–H and O–H groups in total. The second-order valence-corrected chi connectivity index (χ2v) is 9.29. The molecule has 0 atom stereocenters. The minimum atomic E-state index is -3.69. The molecule has 0 unspecified atom stereocenters. The van der Waals surface area contributed by atoms with E-state index >= 15 is 0 Å². The molecule has 9 heteroatoms. The maximum atomic E-state index is 12.4. The molecule has 0 amide bonds. The minimum absolute atomic E-state index is 0.00391. The van der Waals surface area contributed by atoms with Crippen LogP contribution in [0.15, 0.2) is 47.4 Å². The van der Waals surface area contributed by atoms with Crippen LogP contribution in [-0.4, -0.2) is 52.6 Å². The summed E-state index contributed by atoms with van der Waals surface area (Å²) in [5.41, 5.74) is 1.15. The van der Waals surface area contributed by atoms with Crippen LogP contribution in [0.4, 0.5) is 5.69 Å². The fraction of sp³-hybridized carbons (Fsp3) is 0.333. The van der Waals surface area contributed by atoms with Gasteiger partial charge in [0.25, 0.3) is 0 Å². The highest BCUT2D eigenvalue weighted by atomic mass is 35.5. The van der Waals surface area contributed by atoms with Crippen LogP contribution in [0.5, 0.6) is 0 Å². The van der Waals surface area contributed by atoms with Gasteiger partial charge in [-0.15, -0.1) is 0 Å². The smallest absolute Gasteiger partial charge is 0.242 e. The van der Waals surface area contributed by atoms with Crippen molar-refractivity contribution in [3.63, 3.8) is 0 Å². The van der Waals surface area contributed by atoms with Gasteiger partial charge in [0.1, 0.15) is 4.90 Å². The first-order valence-electron chi connectivity index (χ1n) is 8.53. The van der Waals surface area contributed by atoms with E-state index in [-0.39, 0.29) is 9.92 Å². The molecule has 5 nitrogen and oxygen atoms in total. The molecular weight excluding hydrogens is 429 g/mol. The normalized spacial score (nSPS) is 15.9. The maximum absolute atomic E-state index is 12.4. The highest BCUT2D eigenvalue weighted by molar-refractivity contribution is 7.89. The highest BCUT2D eigenvalue weighted by Crippen LogP contribution is 2.24. The number of rotatable bonds is 6. The number of anilines is 1. The number of nitrogens with one attached hydrogen (secondary N) is 1. The van der Waals surface area contributed by atoms with Crippen LogP contribution in [0.2, 0.25) is 15.1 Å². The van der Waals surface area contributed by atoms with Crippen LogP contribution in [0.1, 0.15) is 0 Å². The van der Waals surface area contributed by atoms with E-state index in [0.717, 1.165) is 36.9 Å². The first kappa shape index (κ1) is 20.7. The first-order chi connectivity index (χ1) is 12.8. The molecule has 27 heavy (non-hydrogen) atoms. The van der Waals surface area contributed by atoms with Crippen LogP contribution in [0, 0.1) is 0 Å². The summed E-state index contributed by atoms with van der Waals surface area (Å²) in [5, 5.41) is 1.21. The van der Waals surface area contributed by atoms with Gasteiger partial charge in [-0.3, -0.25) is 4.90 Å². The van der Waals surface area contributed by atoms with Crippen molar-refractivity contribution in [2.45, 2.75) is 4.90 Å². The molecule has 0 aromatic heterocycles. The average Bonchev–Trinajstić information content (AvgIpc) is 2.65. The number of hydrogen-bond donors (Lipinski definition) is 1. The minimum Gasteiger partial charge on any atom is -0.369 e. The predicted octanol–water partition coefficient (Wildman–Crippen LogP) is 3.75. The second kappa shape index (κ2) is 8.99. The molecule has 2 aromatic carbocycles. The Balaban J connectivity index is 1.49. The zero-order chi connectivity index (χ0) is 19.4. The van der Waals surface area contributed by atoms with Gasteiger partial charge in [0, 0.05) is 55.0 Å². The largest absolute Gasteiger partial charge is 0.369 e. The summed E-state index contributed by atoms with van der Waals surface area (Å²) >= 11 is 17.8. The Labute approximate surface area is 174 Å². The lowest BCUT2D eigenvalue weighted by Crippen LogP contribution is -2.48. The maximum Gasteiger partial charge on any atom is 0.242 e. The Kier molecular flexibility index (Phi) is 6.89. The lowest BCUT2D eigenvalue weighted by atomic mass is 10.2. The summed E-state index contributed by atoms with van der Waals surface area (Å²) in [6.07, 6.45) is 0. The number of hydrogen-bond acceptors (Lipinski definition) is 4. The fourth-order valence-corrected chi connectivity index (χ4v) is 4.89. The molecule has 2 aromatic rings. The van der Waals surface area contributed by atoms with Gasteiger partial charge < -0.3 is 4.90 Å². The fourth-order valence-electron chi connectivity index (χ4n) is 2.98. The summed E-state index contributed by atoms with van der Waals surface area (Å²) < 4.78 is 27.4. The van der Waals surface area contributed by atoms with Crippen molar-refractivity contribution in [3.8, 4) is 0 Å². The Morgan fingerprint density at radius 3 is 2.19 bits per heavy atom. The van der Waals surface area contributed by atoms with E-state index < -0.39 is 10.0 Å². The molecule has 0 spiro atoms. The highest BCUT2D eigenvalue weighted by Gasteiger charge is 2.20. The number of halogens is 3. The van der Waals surface area contributed by atoms with Gasteiger partial charge >= 0.3 is 0 Å². The van der Waals surface area contributed by atoms with Gasteiger partial charge in [0.15, 0.2) is 0 Å². The monoisotopic (exact) mass is 447 g/mol. The SMILES string of the molecule is O=S(=O)(NCCN1CCN(c2ccc(Cl)cc2)CC1)c1cc(Cl)ccc1Cl. The zero-order valence-corrected chi connectivity index (χ0v) is 17.6. The zero-order valence-electron chi connectivity index (χ0n) is 14.5. The van der Waals surface area contributed by atoms with Crippen molar-refractivity contribution in [1.82, 2.24) is 9.62 Å². The third-order valence-electron chi connectivity index (χ3n) is 4.47. The third kappa shape index (κ3) is 5.50. The molecule has 0 aliphatic carbocycles. The van der Waals surface area contributed by atoms with Crippen molar-refractivity contribution in [2.24, 2.45) is 0 Å². The van der Waals surface area contributed by atoms with Crippen LogP contribution in [0.3, 0.4) is 0 Å². The van der Waals surface area contributed by atoms with Crippen LogP contribution in [-0.2, 0) is 10.0 Å². The lowest BCUT2D eigenvalue weighted by molar-refractivity contribution is 0.262. The molecule has 1 fully saturated rings. The molecule has 3 rings (SSSR count). The van der Waals surface area contributed by atoms with E-state index in [1.54, 1.807) is 6.07 Å². The van der Waals surface area contributed by atoms with Crippen molar-refractivity contribution in [3.05, 3.63) is 57.5 Å². The van der Waals surface area contributed by atoms with Gasteiger partial charge in [-0.25, -0.2) is 13.1 Å². The standard InChI is InChI=1S/C18H20Cl3N3O2S/c19-14-1-4-16(5-2-14)24-11-9-23(10-12-24)8-7-22-27(25,26)18-13-15(20)3-6-17(18)21/h1-6,13,22H,7-12H2. The Bertz CT molecular complexity index is 883. The van der Waals surface area contributed by atoms with Crippen molar-refractivity contribution >= 4 is 50.5 Å². The molecule has 0 saturated carbocycles. The van der Waals surface area contributed by atoms with E-state index in [9.17, 15) is 8.42 Å². The topological polar surface area (TPSA) is 52.7 Å². The van der Waals surface area contributed by atoms with Gasteiger partial charge in [-0.05, 0) is 42.5 Å². The van der Waals surface area contributed by atoms with Crippen LogP contribution in [0.25, 0.3) is 0 Å². The van der Waals surface area contributed by atoms with E-state index in [1.807, 2.05) is 24.3 Å². The van der Waals surface area contributed by atoms with Gasteiger partial charge in [0.2, 0.25) is 10.0 Å². The molecule has 1 aliphatic rings. The lowest BCUT2D eigenvalue weighted by Gasteiger charge is -2.36. The van der Waals surface area contributed by atoms with E-state index in [1.165, 1.54) is 12.1 Å². The third-order valence-corrected chi connectivity index (χ3v) is 6.90. The average molecular weight is 449 g/mol. The summed E-state index contributed by atoms with van der Waals surface area (Å²) in [5.74, 6) is 0. The molecule has 1 heterocycles. The van der Waals surface area contributed by atoms with E-state index in [0.29, 0.717) is 18.1 Å². The van der Waals surface area contributed by atoms with Crippen LogP contribution >= 0.6 is 34.8 Å². The van der Waals surface area contributed by atoms with Crippen molar-refractivity contribution < 1.29 is 8.42 Å². The molecule has 1 saturated heterocycles. The molecular formula is C18H20Cl3N3O2S. The summed E-state index contributed by atoms with van der Waals surface area (Å²) in [6.45, 7) is 4.44. The Morgan fingerprint density at radius 2 is 1.52 bits per heavy atom. The summed E-state index contributed by atoms with van der Waals surface area (Å²) in [6, 6.07) is 12.2. The van der Waals surface area contributed by atoms with Crippen molar-refractivity contribution in [2.75, 3.05) is 44.2 Å². The molecule has 0 radical (unpaired) electrons. The van der Waals surface area contributed by atoms with E-state index in [2.05, 4.69) is 14.5 Å². The van der Waals surface area contributed by atoms with Crippen LogP contribution < -0.4 is 9.62 Å². The predicted molar refractivity (Wildman–Crippen MR) is 112 cm³/mol. The Hall–Kier alpha value is -1.02. The first-order valence-corrected chi connectivity index (χ1v) is 11.1. The number of piperazine rings is 1. The molecule has 0 bridgehead atoms. The number of sulfonamides is 1. The van der Waals surface area contributed by atoms with Gasteiger partial charge in [-0.2, -0.15) is 0 Å². The number of benzene rings is 2. The van der Waals surface area contributed by atoms with Gasteiger partial charge in [0.05, 0.1) is 5.02 Å². The molecule has 146 valence electrons. The van der Waals surface area contributed by atoms with Crippen molar-refractivity contribution in [1.29, 1.82) is 0 Å². The summed E-state index contributed by atoms with van der Waals surface area (Å²) in [4.78, 5) is 4.53. The second-order valence-electron chi connectivity index (χ2n) is 6.28.